The highest BCUT2D eigenvalue weighted by molar-refractivity contribution is 7.97. The van der Waals surface area contributed by atoms with Crippen molar-refractivity contribution in [1.82, 2.24) is 0 Å². The lowest BCUT2D eigenvalue weighted by molar-refractivity contribution is -0.196. The molecule has 149 heavy (non-hydrogen) atoms. The molecule has 8 unspecified atom stereocenters. The van der Waals surface area contributed by atoms with Gasteiger partial charge in [-0.25, -0.2) is 38.4 Å². The number of benzene rings is 11. The summed E-state index contributed by atoms with van der Waals surface area (Å²) in [6, 6.07) is 83.3. The van der Waals surface area contributed by atoms with Crippen LogP contribution in [0.2, 0.25) is 0 Å². The van der Waals surface area contributed by atoms with Crippen molar-refractivity contribution in [2.45, 2.75) is 218 Å². The Morgan fingerprint density at radius 1 is 0.342 bits per heavy atom. The van der Waals surface area contributed by atoms with Crippen molar-refractivity contribution in [2.24, 2.45) is 40.4 Å². The molecule has 11 aromatic rings. The molecule has 10 bridgehead atoms. The summed E-state index contributed by atoms with van der Waals surface area (Å²) >= 11 is 0. The molecule has 796 valence electrons. The zero-order valence-corrected chi connectivity index (χ0v) is 84.2. The molecule has 0 radical (unpaired) electrons. The molecule has 2 N–H and O–H groups in total. The Kier molecular flexibility index (Phi) is 35.9. The third-order valence-electron chi connectivity index (χ3n) is 27.5. The van der Waals surface area contributed by atoms with Crippen molar-refractivity contribution in [3.05, 3.63) is 342 Å². The molecule has 0 amide bonds. The number of halogens is 17. The monoisotopic (exact) mass is 2200 g/mol. The molecule has 22 rings (SSSR count). The summed E-state index contributed by atoms with van der Waals surface area (Å²) in [4.78, 5) is 41.8. The Hall–Kier alpha value is -10.7. The van der Waals surface area contributed by atoms with Gasteiger partial charge in [-0.05, 0) is 239 Å². The minimum absolute atomic E-state index is 0.0104. The Morgan fingerprint density at radius 3 is 0.933 bits per heavy atom. The number of rotatable bonds is 27. The standard InChI is InChI=1S/C21H19F3O5S.2C20H13F6S.C18H15S.2C15H23FO6S/c22-18(21(23,24)30(26,27)28)9-10-29-20(25)17-11-16-12-5-1-3-7-14(12)19(17)15-8-4-2-6-13(15)16;21-19(22,23)16-12-7-13-17(20(24,25)26)18(16)27(14-8-3-1-4-9-14)15-10-5-2-6-11-15;21-19(22,23)15-10-4-6-12-17(15)27(14-8-2-1-3-9-14)18-13-7-5-11-16(18)20(24,25)26;1-4-10-16(11-5-1)19(17-12-6-2-7-13-17)18-14-8-3-9-15-18;2*16-12(8-23(19,20)21)1-2-22-13(17)14-4-10-3-11(5-14)7-15(18,6-10)9-14/h1-8,16-19H,9-11H2,(H,26,27,28);2*1-13H;1-15H;2*10-12,18H,1-9H2,(H,19,20,21)/q;3*+1;;/p-3. The molecule has 0 saturated heterocycles. The summed E-state index contributed by atoms with van der Waals surface area (Å²) in [7, 11) is -18.5. The third-order valence-corrected chi connectivity index (χ3v) is 36.8. The van der Waals surface area contributed by atoms with Crippen LogP contribution in [0, 0.1) is 40.4 Å². The van der Waals surface area contributed by atoms with Crippen molar-refractivity contribution in [3.8, 4) is 0 Å². The minimum Gasteiger partial charge on any atom is -0.748 e. The second-order valence-corrected chi connectivity index (χ2v) is 48.8. The van der Waals surface area contributed by atoms with E-state index in [1.165, 1.54) is 51.1 Å². The zero-order valence-electron chi connectivity index (χ0n) is 79.3. The van der Waals surface area contributed by atoms with Crippen molar-refractivity contribution in [1.29, 1.82) is 0 Å². The fourth-order valence-corrected chi connectivity index (χ4v) is 31.0. The topological polar surface area (TPSA) is 291 Å². The summed E-state index contributed by atoms with van der Waals surface area (Å²) in [5.74, 6) is -3.16. The van der Waals surface area contributed by atoms with Gasteiger partial charge in [0.2, 0.25) is 0 Å². The molecule has 11 aliphatic rings. The molecular formula is C109H103F17O17S6. The van der Waals surface area contributed by atoms with Crippen LogP contribution in [0.5, 0.6) is 0 Å². The molecule has 0 aliphatic heterocycles. The van der Waals surface area contributed by atoms with Gasteiger partial charge in [0, 0.05) is 31.1 Å². The molecule has 40 heteroatoms. The lowest BCUT2D eigenvalue weighted by Gasteiger charge is -2.58. The quantitative estimate of drug-likeness (QED) is 0.0159. The van der Waals surface area contributed by atoms with E-state index in [0.29, 0.717) is 95.4 Å². The van der Waals surface area contributed by atoms with Crippen LogP contribution in [0.4, 0.5) is 74.6 Å². The van der Waals surface area contributed by atoms with Crippen LogP contribution >= 0.6 is 0 Å². The van der Waals surface area contributed by atoms with E-state index in [0.717, 1.165) is 79.0 Å². The van der Waals surface area contributed by atoms with Crippen LogP contribution in [-0.2, 0) is 116 Å². The van der Waals surface area contributed by atoms with Gasteiger partial charge in [0.1, 0.15) is 56.4 Å². The normalized spacial score (nSPS) is 22.9. The highest BCUT2D eigenvalue weighted by Crippen LogP contribution is 2.65. The van der Waals surface area contributed by atoms with E-state index >= 15 is 0 Å². The average Bonchev–Trinajstić information content (AvgIpc) is 0.718. The van der Waals surface area contributed by atoms with Gasteiger partial charge in [-0.3, -0.25) is 14.4 Å². The Balaban J connectivity index is 0.000000142. The van der Waals surface area contributed by atoms with Crippen LogP contribution < -0.4 is 0 Å². The second-order valence-electron chi connectivity index (χ2n) is 38.5. The molecule has 8 saturated carbocycles. The van der Waals surface area contributed by atoms with Crippen molar-refractivity contribution >= 4 is 80.9 Å². The summed E-state index contributed by atoms with van der Waals surface area (Å²) in [6.45, 7) is -1.24. The Bertz CT molecular complexity index is 6340. The molecule has 8 atom stereocenters. The first-order valence-electron chi connectivity index (χ1n) is 47.5. The van der Waals surface area contributed by atoms with Crippen LogP contribution in [0.1, 0.15) is 159 Å². The third kappa shape index (κ3) is 28.3. The number of ether oxygens (including phenoxy) is 3. The van der Waals surface area contributed by atoms with E-state index in [4.69, 9.17) is 14.2 Å². The van der Waals surface area contributed by atoms with E-state index < -0.39 is 198 Å². The SMILES string of the molecule is FC(F)(F)c1cccc(C(F)(F)F)c1[S+](c1ccccc1)c1ccccc1.FC(F)(F)c1ccccc1[S+](c1ccccc1)c1ccccc1C(F)(F)F.O=C(OCCC(F)C(F)(F)S(=O)(=O)[O-])C1CC2c3ccccc3C1c1ccccc12.O=C(OCCC(F)CS(=O)(=O)[O-])C12CC3CC(CC(O)(C3)C1)C2.O=C(OCCC(F)CS(=O)(=O)[O-])C12CC3CC(CC(O)(C3)C1)C2.c1ccc([S+](c2ccccc2)c2ccccc2)cc1. The highest BCUT2D eigenvalue weighted by Gasteiger charge is 2.63. The van der Waals surface area contributed by atoms with E-state index in [1.54, 1.807) is 91.0 Å². The Labute approximate surface area is 859 Å². The maximum atomic E-state index is 13.6. The molecular weight excluding hydrogens is 2100 g/mol. The minimum atomic E-state index is -6.15. The fraction of sp³-hybridized carbons (Fsp3) is 0.367. The number of hydrogen-bond acceptors (Lipinski definition) is 17. The first kappa shape index (κ1) is 114. The van der Waals surface area contributed by atoms with Crippen molar-refractivity contribution in [2.75, 3.05) is 31.3 Å². The molecule has 8 fully saturated rings. The average molecular weight is 2200 g/mol. The van der Waals surface area contributed by atoms with Gasteiger partial charge in [0.05, 0.1) is 90.4 Å². The predicted octanol–water partition coefficient (Wildman–Crippen LogP) is 24.4. The maximum absolute atomic E-state index is 13.6. The first-order valence-corrected chi connectivity index (χ1v) is 55.8. The number of fused-ring (bicyclic) bond motifs is 1. The summed E-state index contributed by atoms with van der Waals surface area (Å²) in [6.07, 6.45) is -18.6. The predicted molar refractivity (Wildman–Crippen MR) is 518 cm³/mol. The van der Waals surface area contributed by atoms with E-state index in [9.17, 15) is 138 Å². The van der Waals surface area contributed by atoms with Gasteiger partial charge in [0.25, 0.3) is 0 Å². The van der Waals surface area contributed by atoms with Gasteiger partial charge in [-0.15, -0.1) is 0 Å². The lowest BCUT2D eigenvalue weighted by atomic mass is 9.48. The van der Waals surface area contributed by atoms with E-state index in [1.807, 2.05) is 48.5 Å². The van der Waals surface area contributed by atoms with Crippen LogP contribution in [0.3, 0.4) is 0 Å². The molecule has 0 aromatic heterocycles. The number of hydrogen-bond donors (Lipinski definition) is 2. The Morgan fingerprint density at radius 2 is 0.624 bits per heavy atom. The first-order chi connectivity index (χ1) is 70.1. The van der Waals surface area contributed by atoms with Gasteiger partial charge >= 0.3 is 47.9 Å². The van der Waals surface area contributed by atoms with E-state index in [2.05, 4.69) is 91.0 Å². The zero-order chi connectivity index (χ0) is 108. The summed E-state index contributed by atoms with van der Waals surface area (Å²) in [5.41, 5.74) is -3.04. The maximum Gasteiger partial charge on any atom is 0.421 e. The van der Waals surface area contributed by atoms with Crippen LogP contribution in [-0.4, -0.2) is 133 Å². The molecule has 11 aliphatic carbocycles. The number of aliphatic hydroxyl groups is 2. The molecule has 11 aromatic carbocycles. The van der Waals surface area contributed by atoms with Gasteiger partial charge in [0.15, 0.2) is 60.3 Å². The van der Waals surface area contributed by atoms with Gasteiger partial charge in [-0.1, -0.05) is 188 Å². The number of carbonyl (C=O) groups is 3. The number of alkyl halides is 17. The summed E-state index contributed by atoms with van der Waals surface area (Å²) < 4.78 is 340. The highest BCUT2D eigenvalue weighted by atomic mass is 32.2. The van der Waals surface area contributed by atoms with Crippen LogP contribution in [0.15, 0.2) is 341 Å². The van der Waals surface area contributed by atoms with Gasteiger partial charge in [-0.2, -0.15) is 61.5 Å². The number of esters is 3. The fourth-order valence-electron chi connectivity index (χ4n) is 22.4. The van der Waals surface area contributed by atoms with E-state index in [-0.39, 0.29) is 58.6 Å². The number of carbonyl (C=O) groups excluding carboxylic acids is 3. The molecule has 0 spiro atoms. The van der Waals surface area contributed by atoms with Crippen LogP contribution in [0.25, 0.3) is 0 Å². The second kappa shape index (κ2) is 46.9. The molecule has 17 nitrogen and oxygen atoms in total. The molecule has 0 heterocycles. The smallest absolute Gasteiger partial charge is 0.421 e. The van der Waals surface area contributed by atoms with Crippen molar-refractivity contribution < 1.29 is 152 Å². The van der Waals surface area contributed by atoms with Gasteiger partial charge < -0.3 is 38.1 Å². The lowest BCUT2D eigenvalue weighted by Crippen LogP contribution is -2.58. The van der Waals surface area contributed by atoms with Crippen molar-refractivity contribution in [3.63, 3.8) is 0 Å². The summed E-state index contributed by atoms with van der Waals surface area (Å²) in [5, 5.41) is 16.1. The largest absolute Gasteiger partial charge is 0.748 e.